The molecule has 0 radical (unpaired) electrons. The minimum Gasteiger partial charge on any atom is -0.486 e. The molecule has 1 heterocycles. The zero-order valence-corrected chi connectivity index (χ0v) is 12.7. The van der Waals surface area contributed by atoms with Crippen LogP contribution in [0.25, 0.3) is 0 Å². The van der Waals surface area contributed by atoms with E-state index in [9.17, 15) is 4.79 Å². The van der Waals surface area contributed by atoms with Gasteiger partial charge in [-0.25, -0.2) is 4.79 Å². The van der Waals surface area contributed by atoms with Crippen LogP contribution in [0.3, 0.4) is 0 Å². The van der Waals surface area contributed by atoms with Gasteiger partial charge in [0.2, 0.25) is 0 Å². The molecule has 1 unspecified atom stereocenters. The van der Waals surface area contributed by atoms with Crippen LogP contribution < -0.4 is 20.1 Å². The molecule has 0 saturated carbocycles. The number of nitrogens with one attached hydrogen (secondary N) is 2. The maximum Gasteiger partial charge on any atom is 0.318 e. The second-order valence-corrected chi connectivity index (χ2v) is 5.40. The van der Waals surface area contributed by atoms with Crippen LogP contribution in [0.1, 0.15) is 20.8 Å². The molecule has 2 amide bonds. The summed E-state index contributed by atoms with van der Waals surface area (Å²) >= 11 is 0. The number of rotatable bonds is 4. The Hall–Kier alpha value is -2.17. The van der Waals surface area contributed by atoms with Gasteiger partial charge in [-0.15, -0.1) is 0 Å². The molecule has 5 nitrogen and oxygen atoms in total. The lowest BCUT2D eigenvalue weighted by Crippen LogP contribution is -2.43. The van der Waals surface area contributed by atoms with Gasteiger partial charge in [-0.05, 0) is 25.0 Å². The Morgan fingerprint density at radius 2 is 2.10 bits per heavy atom. The molecule has 114 valence electrons. The monoisotopic (exact) mass is 290 g/mol. The van der Waals surface area contributed by atoms with Gasteiger partial charge < -0.3 is 20.1 Å². The van der Waals surface area contributed by atoms with Crippen LogP contribution in [0.15, 0.2) is 36.0 Å². The lowest BCUT2D eigenvalue weighted by Gasteiger charge is -2.26. The lowest BCUT2D eigenvalue weighted by atomic mass is 10.1. The molecule has 0 bridgehead atoms. The zero-order valence-electron chi connectivity index (χ0n) is 12.7. The molecule has 21 heavy (non-hydrogen) atoms. The van der Waals surface area contributed by atoms with Gasteiger partial charge in [-0.2, -0.15) is 0 Å². The Bertz CT molecular complexity index is 526. The summed E-state index contributed by atoms with van der Waals surface area (Å²) in [4.78, 5) is 11.7. The van der Waals surface area contributed by atoms with E-state index >= 15 is 0 Å². The summed E-state index contributed by atoms with van der Waals surface area (Å²) < 4.78 is 11.4. The highest BCUT2D eigenvalue weighted by atomic mass is 16.6. The Labute approximate surface area is 125 Å². The molecular weight excluding hydrogens is 268 g/mol. The highest BCUT2D eigenvalue weighted by molar-refractivity contribution is 5.75. The third-order valence-corrected chi connectivity index (χ3v) is 3.40. The first-order valence-corrected chi connectivity index (χ1v) is 7.15. The predicted octanol–water partition coefficient (Wildman–Crippen LogP) is 2.69. The second-order valence-electron chi connectivity index (χ2n) is 5.40. The van der Waals surface area contributed by atoms with Crippen molar-refractivity contribution in [2.45, 2.75) is 26.9 Å². The van der Waals surface area contributed by atoms with Crippen molar-refractivity contribution in [3.63, 3.8) is 0 Å². The van der Waals surface area contributed by atoms with Crippen LogP contribution in [-0.4, -0.2) is 25.3 Å². The van der Waals surface area contributed by atoms with Crippen LogP contribution in [0, 0.1) is 5.92 Å². The van der Waals surface area contributed by atoms with Crippen molar-refractivity contribution in [2.75, 3.05) is 13.2 Å². The fourth-order valence-corrected chi connectivity index (χ4v) is 1.77. The summed E-state index contributed by atoms with van der Waals surface area (Å²) in [6, 6.07) is 7.28. The molecule has 0 spiro atoms. The minimum atomic E-state index is -0.238. The van der Waals surface area contributed by atoms with Crippen LogP contribution in [0.2, 0.25) is 0 Å². The summed E-state index contributed by atoms with van der Waals surface area (Å²) in [6.07, 6.45) is 1.55. The average molecular weight is 290 g/mol. The van der Waals surface area contributed by atoms with Crippen molar-refractivity contribution in [2.24, 2.45) is 5.92 Å². The number of carbonyl (C=O) groups is 1. The Morgan fingerprint density at radius 1 is 1.38 bits per heavy atom. The maximum absolute atomic E-state index is 11.7. The van der Waals surface area contributed by atoms with Crippen molar-refractivity contribution in [3.05, 3.63) is 36.0 Å². The van der Waals surface area contributed by atoms with E-state index in [0.717, 1.165) is 11.3 Å². The van der Waals surface area contributed by atoms with Crippen LogP contribution in [0.4, 0.5) is 4.79 Å². The number of para-hydroxylation sites is 2. The van der Waals surface area contributed by atoms with Crippen LogP contribution in [0.5, 0.6) is 11.5 Å². The molecule has 0 aliphatic carbocycles. The second kappa shape index (κ2) is 7.02. The van der Waals surface area contributed by atoms with E-state index in [0.29, 0.717) is 24.8 Å². The molecule has 2 rings (SSSR count). The largest absolute Gasteiger partial charge is 0.486 e. The minimum absolute atomic E-state index is 0.180. The van der Waals surface area contributed by atoms with E-state index in [1.54, 1.807) is 6.20 Å². The van der Waals surface area contributed by atoms with Crippen LogP contribution >= 0.6 is 0 Å². The summed E-state index contributed by atoms with van der Waals surface area (Å²) in [5, 5.41) is 5.49. The van der Waals surface area contributed by atoms with Gasteiger partial charge in [0.15, 0.2) is 17.6 Å². The fraction of sp³-hybridized carbons (Fsp3) is 0.438. The number of benzene rings is 1. The first kappa shape index (κ1) is 15.2. The molecule has 1 aromatic carbocycles. The summed E-state index contributed by atoms with van der Waals surface area (Å²) in [5.41, 5.74) is 1.12. The fourth-order valence-electron chi connectivity index (χ4n) is 1.77. The predicted molar refractivity (Wildman–Crippen MR) is 81.5 cm³/mol. The number of hydrogen-bond donors (Lipinski definition) is 2. The lowest BCUT2D eigenvalue weighted by molar-refractivity contribution is 0.0919. The molecule has 1 aliphatic rings. The molecule has 0 aromatic heterocycles. The highest BCUT2D eigenvalue weighted by Crippen LogP contribution is 2.30. The summed E-state index contributed by atoms with van der Waals surface area (Å²) in [5.74, 6) is 1.87. The quantitative estimate of drug-likeness (QED) is 0.896. The van der Waals surface area contributed by atoms with E-state index in [4.69, 9.17) is 9.47 Å². The van der Waals surface area contributed by atoms with Gasteiger partial charge >= 0.3 is 6.03 Å². The number of amides is 2. The Morgan fingerprint density at radius 3 is 2.81 bits per heavy atom. The maximum atomic E-state index is 11.7. The van der Waals surface area contributed by atoms with Gasteiger partial charge in [-0.3, -0.25) is 0 Å². The van der Waals surface area contributed by atoms with Crippen molar-refractivity contribution < 1.29 is 14.3 Å². The number of carbonyl (C=O) groups excluding carboxylic acids is 1. The topological polar surface area (TPSA) is 59.6 Å². The van der Waals surface area contributed by atoms with E-state index in [1.807, 2.05) is 31.2 Å². The molecule has 0 fully saturated rings. The molecule has 0 saturated heterocycles. The van der Waals surface area contributed by atoms with E-state index < -0.39 is 0 Å². The summed E-state index contributed by atoms with van der Waals surface area (Å²) in [6.45, 7) is 6.97. The van der Waals surface area contributed by atoms with Crippen LogP contribution in [-0.2, 0) is 0 Å². The molecule has 1 aliphatic heterocycles. The van der Waals surface area contributed by atoms with E-state index in [-0.39, 0.29) is 12.1 Å². The first-order valence-electron chi connectivity index (χ1n) is 7.15. The third kappa shape index (κ3) is 4.41. The third-order valence-electron chi connectivity index (χ3n) is 3.40. The molecule has 5 heteroatoms. The number of ether oxygens (including phenoxy) is 2. The number of allylic oxidation sites excluding steroid dienone is 1. The Balaban J connectivity index is 1.77. The van der Waals surface area contributed by atoms with Gasteiger partial charge in [0, 0.05) is 6.20 Å². The van der Waals surface area contributed by atoms with Crippen molar-refractivity contribution >= 4 is 6.03 Å². The van der Waals surface area contributed by atoms with Crippen molar-refractivity contribution in [1.82, 2.24) is 10.6 Å². The van der Waals surface area contributed by atoms with Gasteiger partial charge in [0.25, 0.3) is 0 Å². The van der Waals surface area contributed by atoms with Gasteiger partial charge in [0.05, 0.1) is 6.54 Å². The van der Waals surface area contributed by atoms with Gasteiger partial charge in [-0.1, -0.05) is 31.6 Å². The smallest absolute Gasteiger partial charge is 0.318 e. The normalized spacial score (nSPS) is 17.5. The van der Waals surface area contributed by atoms with E-state index in [2.05, 4.69) is 24.5 Å². The number of hydrogen-bond acceptors (Lipinski definition) is 3. The van der Waals surface area contributed by atoms with E-state index in [1.165, 1.54) is 0 Å². The van der Waals surface area contributed by atoms with Crippen molar-refractivity contribution in [1.29, 1.82) is 0 Å². The molecule has 2 N–H and O–H groups in total. The Kier molecular flexibility index (Phi) is 5.09. The summed E-state index contributed by atoms with van der Waals surface area (Å²) in [7, 11) is 0. The van der Waals surface area contributed by atoms with Crippen molar-refractivity contribution in [3.8, 4) is 11.5 Å². The SMILES string of the molecule is C/C(=C\NC(=O)NCC1COc2ccccc2O1)C(C)C. The number of fused-ring (bicyclic) bond motifs is 1. The standard InChI is InChI=1S/C16H22N2O3/c1-11(2)12(3)8-17-16(19)18-9-13-10-20-14-6-4-5-7-15(14)21-13/h4-8,11,13H,9-10H2,1-3H3,(H2,17,18,19)/b12-8+. The molecule has 1 atom stereocenters. The average Bonchev–Trinajstić information content (AvgIpc) is 2.50. The highest BCUT2D eigenvalue weighted by Gasteiger charge is 2.20. The first-order chi connectivity index (χ1) is 10.1. The number of urea groups is 1. The molecule has 1 aromatic rings. The molecular formula is C16H22N2O3. The van der Waals surface area contributed by atoms with Gasteiger partial charge in [0.1, 0.15) is 6.61 Å². The zero-order chi connectivity index (χ0) is 15.2.